The molecule has 0 aromatic rings. The molecule has 0 saturated carbocycles. The molecule has 0 bridgehead atoms. The molecule has 0 fully saturated rings. The average molecular weight is 238 g/mol. The Morgan fingerprint density at radius 2 is 1.75 bits per heavy atom. The molecule has 3 radical (unpaired) electrons. The van der Waals surface area contributed by atoms with Crippen LogP contribution in [0.4, 0.5) is 0 Å². The summed E-state index contributed by atoms with van der Waals surface area (Å²) in [6, 6.07) is 0. The molecule has 1 nitrogen and oxygen atoms in total. The molecule has 0 heterocycles. The average Bonchev–Trinajstić information content (AvgIpc) is 1.69. The van der Waals surface area contributed by atoms with Crippen LogP contribution in [0.15, 0.2) is 0 Å². The summed E-state index contributed by atoms with van der Waals surface area (Å²) in [6.07, 6.45) is 0.446. The minimum atomic E-state index is 0.446. The molecule has 0 aromatic carbocycles. The SMILES string of the molecule is CC(C)O[SiH3].C[CH2][Sn]. The zero-order valence-electron chi connectivity index (χ0n) is 6.19. The minimum absolute atomic E-state index is 0.446. The summed E-state index contributed by atoms with van der Waals surface area (Å²) in [5.74, 6) is 0. The fourth-order valence-corrected chi connectivity index (χ4v) is 0. The Morgan fingerprint density at radius 3 is 1.75 bits per heavy atom. The summed E-state index contributed by atoms with van der Waals surface area (Å²) in [5.41, 5.74) is 0. The van der Waals surface area contributed by atoms with Gasteiger partial charge in [-0.05, 0) is 13.8 Å². The van der Waals surface area contributed by atoms with Gasteiger partial charge in [0.2, 0.25) is 0 Å². The molecule has 0 amide bonds. The van der Waals surface area contributed by atoms with Crippen LogP contribution in [-0.4, -0.2) is 39.1 Å². The van der Waals surface area contributed by atoms with E-state index < -0.39 is 0 Å². The predicted molar refractivity (Wildman–Crippen MR) is 42.4 cm³/mol. The zero-order chi connectivity index (χ0) is 6.99. The molecular formula is C5H15OSiSn. The van der Waals surface area contributed by atoms with Crippen LogP contribution in [-0.2, 0) is 4.43 Å². The molecular weight excluding hydrogens is 223 g/mol. The Labute approximate surface area is 68.8 Å². The molecule has 0 unspecified atom stereocenters. The van der Waals surface area contributed by atoms with Crippen LogP contribution in [0.5, 0.6) is 0 Å². The zero-order valence-corrected chi connectivity index (χ0v) is 11.0. The Kier molecular flexibility index (Phi) is 15.9. The standard InChI is InChI=1S/C3H10OSi.C2H5.Sn/c1-3(2)4-5;1-2;/h3H,1-2,5H3;1H2,2H3;. The van der Waals surface area contributed by atoms with Crippen LogP contribution in [0.2, 0.25) is 4.44 Å². The Hall–Kier alpha value is 0.976. The molecule has 0 saturated heterocycles. The van der Waals surface area contributed by atoms with Gasteiger partial charge in [-0.25, -0.2) is 0 Å². The molecule has 0 atom stereocenters. The van der Waals surface area contributed by atoms with E-state index in [1.54, 1.807) is 22.5 Å². The van der Waals surface area contributed by atoms with Crippen molar-refractivity contribution in [1.82, 2.24) is 0 Å². The van der Waals surface area contributed by atoms with Crippen molar-refractivity contribution in [3.63, 3.8) is 0 Å². The summed E-state index contributed by atoms with van der Waals surface area (Å²) >= 11 is 1.64. The molecule has 8 heavy (non-hydrogen) atoms. The van der Waals surface area contributed by atoms with Crippen LogP contribution >= 0.6 is 0 Å². The van der Waals surface area contributed by atoms with Crippen molar-refractivity contribution >= 4 is 33.0 Å². The first kappa shape index (κ1) is 11.7. The normalized spacial score (nSPS) is 8.62. The first-order valence-corrected chi connectivity index (χ1v) is 5.69. The fraction of sp³-hybridized carbons (Fsp3) is 1.00. The second-order valence-electron chi connectivity index (χ2n) is 1.64. The third-order valence-electron chi connectivity index (χ3n) is 0.471. The van der Waals surface area contributed by atoms with Gasteiger partial charge in [0, 0.05) is 6.10 Å². The Bertz CT molecular complexity index is 33.6. The van der Waals surface area contributed by atoms with Gasteiger partial charge in [-0.1, -0.05) is 0 Å². The van der Waals surface area contributed by atoms with Gasteiger partial charge in [-0.2, -0.15) is 0 Å². The molecule has 0 aliphatic carbocycles. The van der Waals surface area contributed by atoms with Crippen LogP contribution in [0.3, 0.4) is 0 Å². The maximum atomic E-state index is 4.89. The van der Waals surface area contributed by atoms with E-state index in [1.165, 1.54) is 4.44 Å². The second-order valence-corrected chi connectivity index (χ2v) is 4.13. The molecule has 0 rings (SSSR count). The number of rotatable bonds is 1. The van der Waals surface area contributed by atoms with E-state index in [1.807, 2.05) is 13.8 Å². The third kappa shape index (κ3) is 28.1. The van der Waals surface area contributed by atoms with Gasteiger partial charge in [-0.3, -0.25) is 0 Å². The molecule has 49 valence electrons. The van der Waals surface area contributed by atoms with Crippen molar-refractivity contribution in [2.75, 3.05) is 0 Å². The van der Waals surface area contributed by atoms with Gasteiger partial charge in [0.1, 0.15) is 10.5 Å². The summed E-state index contributed by atoms with van der Waals surface area (Å²) in [6.45, 7) is 6.23. The maximum absolute atomic E-state index is 4.89. The monoisotopic (exact) mass is 239 g/mol. The van der Waals surface area contributed by atoms with Crippen molar-refractivity contribution in [2.45, 2.75) is 31.3 Å². The van der Waals surface area contributed by atoms with Crippen molar-refractivity contribution < 1.29 is 4.43 Å². The molecule has 3 heteroatoms. The van der Waals surface area contributed by atoms with Crippen LogP contribution in [0.1, 0.15) is 20.8 Å². The van der Waals surface area contributed by atoms with E-state index in [0.717, 1.165) is 10.5 Å². The van der Waals surface area contributed by atoms with Crippen LogP contribution in [0.25, 0.3) is 0 Å². The Balaban J connectivity index is 0. The first-order valence-electron chi connectivity index (χ1n) is 2.86. The summed E-state index contributed by atoms with van der Waals surface area (Å²) in [7, 11) is 0.873. The molecule has 0 spiro atoms. The topological polar surface area (TPSA) is 9.23 Å². The molecule has 0 N–H and O–H groups in total. The molecule has 0 aliphatic heterocycles. The quantitative estimate of drug-likeness (QED) is 0.596. The van der Waals surface area contributed by atoms with Crippen LogP contribution < -0.4 is 0 Å². The Morgan fingerprint density at radius 1 is 1.62 bits per heavy atom. The van der Waals surface area contributed by atoms with E-state index in [2.05, 4.69) is 6.92 Å². The van der Waals surface area contributed by atoms with E-state index in [4.69, 9.17) is 4.43 Å². The van der Waals surface area contributed by atoms with Gasteiger partial charge in [0.15, 0.2) is 0 Å². The van der Waals surface area contributed by atoms with Crippen LogP contribution in [0, 0.1) is 0 Å². The summed E-state index contributed by atoms with van der Waals surface area (Å²) < 4.78 is 6.23. The second kappa shape index (κ2) is 10.9. The molecule has 0 aromatic heterocycles. The number of hydrogen-bond acceptors (Lipinski definition) is 1. The number of hydrogen-bond donors (Lipinski definition) is 0. The first-order chi connectivity index (χ1) is 3.68. The van der Waals surface area contributed by atoms with Gasteiger partial charge in [-0.15, -0.1) is 0 Å². The van der Waals surface area contributed by atoms with Crippen molar-refractivity contribution in [1.29, 1.82) is 0 Å². The van der Waals surface area contributed by atoms with Gasteiger partial charge < -0.3 is 4.43 Å². The predicted octanol–water partition coefficient (Wildman–Crippen LogP) is 0.285. The van der Waals surface area contributed by atoms with Crippen molar-refractivity contribution in [3.05, 3.63) is 0 Å². The van der Waals surface area contributed by atoms with Crippen molar-refractivity contribution in [2.24, 2.45) is 0 Å². The van der Waals surface area contributed by atoms with E-state index in [9.17, 15) is 0 Å². The fourth-order valence-electron chi connectivity index (χ4n) is 0. The van der Waals surface area contributed by atoms with Gasteiger partial charge >= 0.3 is 33.9 Å². The molecule has 0 aliphatic rings. The van der Waals surface area contributed by atoms with E-state index in [0.29, 0.717) is 6.10 Å². The van der Waals surface area contributed by atoms with E-state index >= 15 is 0 Å². The third-order valence-corrected chi connectivity index (χ3v) is 1.41. The van der Waals surface area contributed by atoms with Crippen molar-refractivity contribution in [3.8, 4) is 0 Å². The summed E-state index contributed by atoms with van der Waals surface area (Å²) in [5, 5.41) is 0. The van der Waals surface area contributed by atoms with E-state index in [-0.39, 0.29) is 0 Å². The van der Waals surface area contributed by atoms with Gasteiger partial charge in [0.25, 0.3) is 0 Å². The summed E-state index contributed by atoms with van der Waals surface area (Å²) in [4.78, 5) is 0. The van der Waals surface area contributed by atoms with Gasteiger partial charge in [0.05, 0.1) is 0 Å².